The fourth-order valence-electron chi connectivity index (χ4n) is 0. The van der Waals surface area contributed by atoms with Crippen LogP contribution in [0.1, 0.15) is 0 Å². The van der Waals surface area contributed by atoms with E-state index in [2.05, 4.69) is 22.9 Å². The Bertz CT molecular complexity index is 56.5. The fourth-order valence-corrected chi connectivity index (χ4v) is 0. The number of nitrogens with two attached hydrogens (primary N) is 4. The number of hydrogen-bond donors (Lipinski definition) is 6. The highest BCUT2D eigenvalue weighted by molar-refractivity contribution is 7.30. The highest BCUT2D eigenvalue weighted by Gasteiger charge is 1.61. The molecular weight excluding hydrogens is 159 g/mol. The smallest absolute Gasteiger partial charge is 0.314 e. The summed E-state index contributed by atoms with van der Waals surface area (Å²) in [4.78, 5) is 14.3. The van der Waals surface area contributed by atoms with E-state index in [9.17, 15) is 0 Å². The van der Waals surface area contributed by atoms with Gasteiger partial charge in [-0.05, 0) is 0 Å². The molecule has 0 aromatic heterocycles. The van der Waals surface area contributed by atoms with E-state index in [0.717, 1.165) is 0 Å². The molecule has 0 spiro atoms. The first-order chi connectivity index (χ1) is 4.56. The third kappa shape index (κ3) is 3900000. The minimum Gasteiger partial charge on any atom is -0.326 e. The molecule has 0 aromatic rings. The molecule has 0 atom stereocenters. The van der Waals surface area contributed by atoms with E-state index < -0.39 is 8.25 Å². The summed E-state index contributed by atoms with van der Waals surface area (Å²) in [5.41, 5.74) is 18.5. The highest BCUT2D eigenvalue weighted by Crippen LogP contribution is 1.98. The van der Waals surface area contributed by atoms with E-state index in [-0.39, 0.29) is 13.3 Å². The van der Waals surface area contributed by atoms with Crippen molar-refractivity contribution in [3.63, 3.8) is 0 Å². The Balaban J connectivity index is -0.0000000750. The quantitative estimate of drug-likeness (QED) is 0.169. The zero-order valence-corrected chi connectivity index (χ0v) is 6.53. The molecule has 0 amide bonds. The van der Waals surface area contributed by atoms with Gasteiger partial charge in [0.05, 0.1) is 0 Å². The van der Waals surface area contributed by atoms with Crippen molar-refractivity contribution in [3.05, 3.63) is 0 Å². The van der Waals surface area contributed by atoms with Crippen molar-refractivity contribution in [2.24, 2.45) is 22.9 Å². The molecule has 0 unspecified atom stereocenters. The first-order valence-electron chi connectivity index (χ1n) is 2.28. The van der Waals surface area contributed by atoms with Crippen LogP contribution in [0.25, 0.3) is 0 Å². The van der Waals surface area contributed by atoms with Gasteiger partial charge in [0.2, 0.25) is 0 Å². The van der Waals surface area contributed by atoms with Gasteiger partial charge in [0.25, 0.3) is 0 Å². The SMILES string of the molecule is NCN.NCN.O=[PH](O)O. The molecule has 0 bridgehead atoms. The van der Waals surface area contributed by atoms with Crippen molar-refractivity contribution >= 4 is 8.25 Å². The van der Waals surface area contributed by atoms with Crippen molar-refractivity contribution in [2.45, 2.75) is 0 Å². The van der Waals surface area contributed by atoms with E-state index in [0.29, 0.717) is 0 Å². The lowest BCUT2D eigenvalue weighted by molar-refractivity contribution is 0.405. The molecule has 10 heavy (non-hydrogen) atoms. The Morgan fingerprint density at radius 1 is 1.00 bits per heavy atom. The molecule has 66 valence electrons. The molecule has 10 N–H and O–H groups in total. The van der Waals surface area contributed by atoms with Gasteiger partial charge in [-0.15, -0.1) is 0 Å². The van der Waals surface area contributed by atoms with E-state index in [1.807, 2.05) is 0 Å². The van der Waals surface area contributed by atoms with Gasteiger partial charge in [-0.2, -0.15) is 0 Å². The molecule has 0 saturated heterocycles. The number of rotatable bonds is 0. The van der Waals surface area contributed by atoms with Crippen LogP contribution in [0.4, 0.5) is 0 Å². The Labute approximate surface area is 59.9 Å². The zero-order valence-electron chi connectivity index (χ0n) is 5.53. The molecule has 8 heteroatoms. The topological polar surface area (TPSA) is 162 Å². The van der Waals surface area contributed by atoms with Crippen LogP contribution in [-0.2, 0) is 4.57 Å². The summed E-state index contributed by atoms with van der Waals surface area (Å²) in [6.07, 6.45) is 0. The van der Waals surface area contributed by atoms with Gasteiger partial charge in [-0.25, -0.2) is 0 Å². The minimum absolute atomic E-state index is 0.250. The summed E-state index contributed by atoms with van der Waals surface area (Å²) >= 11 is 0. The van der Waals surface area contributed by atoms with Crippen molar-refractivity contribution < 1.29 is 14.4 Å². The Hall–Kier alpha value is -0.0100. The first kappa shape index (κ1) is 16.5. The van der Waals surface area contributed by atoms with Gasteiger partial charge in [-0.1, -0.05) is 0 Å². The van der Waals surface area contributed by atoms with Gasteiger partial charge in [0.1, 0.15) is 0 Å². The lowest BCUT2D eigenvalue weighted by Crippen LogP contribution is -2.08. The maximum absolute atomic E-state index is 8.74. The average Bonchev–Trinajstić information content (AvgIpc) is 1.65. The van der Waals surface area contributed by atoms with Crippen LogP contribution in [0.3, 0.4) is 0 Å². The van der Waals surface area contributed by atoms with Crippen molar-refractivity contribution in [1.29, 1.82) is 0 Å². The molecular formula is C2H15N4O3P. The van der Waals surface area contributed by atoms with Crippen LogP contribution in [0.2, 0.25) is 0 Å². The number of hydrogen-bond acceptors (Lipinski definition) is 5. The fraction of sp³-hybridized carbons (Fsp3) is 1.00. The van der Waals surface area contributed by atoms with E-state index >= 15 is 0 Å². The molecule has 0 heterocycles. The summed E-state index contributed by atoms with van der Waals surface area (Å²) in [5, 5.41) is 0. The van der Waals surface area contributed by atoms with Crippen LogP contribution in [0.5, 0.6) is 0 Å². The Morgan fingerprint density at radius 3 is 1.00 bits per heavy atom. The molecule has 0 fully saturated rings. The Morgan fingerprint density at radius 2 is 1.00 bits per heavy atom. The maximum Gasteiger partial charge on any atom is 0.314 e. The summed E-state index contributed by atoms with van der Waals surface area (Å²) in [7, 11) is -3.13. The molecule has 0 aromatic carbocycles. The second-order valence-electron chi connectivity index (χ2n) is 0.754. The van der Waals surface area contributed by atoms with Crippen LogP contribution in [0.15, 0.2) is 0 Å². The molecule has 0 aliphatic rings. The summed E-state index contributed by atoms with van der Waals surface area (Å²) in [6.45, 7) is 0.500. The predicted molar refractivity (Wildman–Crippen MR) is 39.9 cm³/mol. The molecule has 0 aliphatic carbocycles. The van der Waals surface area contributed by atoms with Crippen LogP contribution in [0, 0.1) is 0 Å². The van der Waals surface area contributed by atoms with Crippen molar-refractivity contribution in [2.75, 3.05) is 13.3 Å². The second-order valence-corrected chi connectivity index (χ2v) is 1.32. The third-order valence-electron chi connectivity index (χ3n) is 0. The summed E-state index contributed by atoms with van der Waals surface area (Å²) < 4.78 is 8.74. The minimum atomic E-state index is -3.13. The molecule has 0 rings (SSSR count). The van der Waals surface area contributed by atoms with Gasteiger partial charge in [0, 0.05) is 13.3 Å². The molecule has 0 aliphatic heterocycles. The van der Waals surface area contributed by atoms with Crippen LogP contribution >= 0.6 is 8.25 Å². The summed E-state index contributed by atoms with van der Waals surface area (Å²) in [5.74, 6) is 0. The van der Waals surface area contributed by atoms with E-state index in [1.54, 1.807) is 0 Å². The normalized spacial score (nSPS) is 7.10. The Kier molecular flexibility index (Phi) is 38.1. The molecule has 0 radical (unpaired) electrons. The average molecular weight is 174 g/mol. The van der Waals surface area contributed by atoms with Gasteiger partial charge in [0.15, 0.2) is 0 Å². The van der Waals surface area contributed by atoms with E-state index in [1.165, 1.54) is 0 Å². The lowest BCUT2D eigenvalue weighted by Gasteiger charge is -1.61. The van der Waals surface area contributed by atoms with Gasteiger partial charge >= 0.3 is 8.25 Å². The second kappa shape index (κ2) is 23.0. The van der Waals surface area contributed by atoms with Gasteiger partial charge in [-0.3, -0.25) is 4.57 Å². The molecule has 7 nitrogen and oxygen atoms in total. The predicted octanol–water partition coefficient (Wildman–Crippen LogP) is -2.92. The van der Waals surface area contributed by atoms with Gasteiger partial charge < -0.3 is 32.7 Å². The standard InChI is InChI=1S/2CH6N2.H3O3P/c2*2-1-3;1-4(2)3/h2*1-3H2;4H,(H2,1,2,3). The monoisotopic (exact) mass is 174 g/mol. The molecule has 0 saturated carbocycles. The third-order valence-corrected chi connectivity index (χ3v) is 0. The van der Waals surface area contributed by atoms with Crippen molar-refractivity contribution in [1.82, 2.24) is 0 Å². The van der Waals surface area contributed by atoms with Crippen LogP contribution in [-0.4, -0.2) is 23.1 Å². The van der Waals surface area contributed by atoms with Crippen molar-refractivity contribution in [3.8, 4) is 0 Å². The first-order valence-corrected chi connectivity index (χ1v) is 3.59. The van der Waals surface area contributed by atoms with Crippen LogP contribution < -0.4 is 22.9 Å². The lowest BCUT2D eigenvalue weighted by atomic mass is 11.3. The zero-order chi connectivity index (χ0) is 8.99. The maximum atomic E-state index is 8.74. The van der Waals surface area contributed by atoms with E-state index in [4.69, 9.17) is 14.4 Å². The highest BCUT2D eigenvalue weighted by atomic mass is 31.1. The largest absolute Gasteiger partial charge is 0.326 e. The summed E-state index contributed by atoms with van der Waals surface area (Å²) in [6, 6.07) is 0.